The normalized spacial score (nSPS) is 18.5. The second-order valence-electron chi connectivity index (χ2n) is 12.3. The predicted molar refractivity (Wildman–Crippen MR) is 168 cm³/mol. The third kappa shape index (κ3) is 9.49. The summed E-state index contributed by atoms with van der Waals surface area (Å²) in [4.78, 5) is 55.7. The second-order valence-corrected chi connectivity index (χ2v) is 12.3. The van der Waals surface area contributed by atoms with E-state index in [1.165, 1.54) is 18.9 Å². The van der Waals surface area contributed by atoms with Crippen molar-refractivity contribution in [2.45, 2.75) is 82.2 Å². The molecule has 0 saturated heterocycles. The number of alkyl carbamates (subject to hydrolysis) is 1. The molecular weight excluding hydrogens is 617 g/mol. The van der Waals surface area contributed by atoms with Crippen LogP contribution in [0.3, 0.4) is 0 Å². The van der Waals surface area contributed by atoms with Crippen LogP contribution in [0.5, 0.6) is 0 Å². The third-order valence-corrected chi connectivity index (χ3v) is 8.73. The van der Waals surface area contributed by atoms with Crippen molar-refractivity contribution >= 4 is 34.8 Å². The monoisotopic (exact) mass is 658 g/mol. The maximum Gasteiger partial charge on any atom is 0.408 e. The summed E-state index contributed by atoms with van der Waals surface area (Å²) < 4.78 is 46.7. The number of carbonyl (C=O) groups is 4. The number of benzene rings is 2. The van der Waals surface area contributed by atoms with E-state index in [9.17, 15) is 32.3 Å². The van der Waals surface area contributed by atoms with Crippen LogP contribution < -0.4 is 10.6 Å². The maximum absolute atomic E-state index is 14.4. The number of aromatic nitrogens is 1. The van der Waals surface area contributed by atoms with Gasteiger partial charge in [0, 0.05) is 43.5 Å². The number of aromatic amines is 1. The van der Waals surface area contributed by atoms with E-state index in [2.05, 4.69) is 15.6 Å². The summed E-state index contributed by atoms with van der Waals surface area (Å²) in [5.41, 5.74) is 0.673. The van der Waals surface area contributed by atoms with Crippen LogP contribution in [-0.2, 0) is 32.0 Å². The van der Waals surface area contributed by atoms with E-state index < -0.39 is 53.7 Å². The second kappa shape index (κ2) is 15.4. The Balaban J connectivity index is 1.61. The highest BCUT2D eigenvalue weighted by molar-refractivity contribution is 5.92. The van der Waals surface area contributed by atoms with E-state index in [4.69, 9.17) is 9.84 Å². The number of nitrogens with one attached hydrogen (secondary N) is 3. The number of H-pyrrole nitrogens is 1. The first-order valence-corrected chi connectivity index (χ1v) is 15.7. The van der Waals surface area contributed by atoms with Crippen LogP contribution in [0.1, 0.15) is 56.6 Å². The summed E-state index contributed by atoms with van der Waals surface area (Å²) in [6.45, 7) is 1.49. The quantitative estimate of drug-likeness (QED) is 0.195. The van der Waals surface area contributed by atoms with E-state index in [0.717, 1.165) is 16.5 Å². The molecule has 1 saturated carbocycles. The number of halogens is 3. The highest BCUT2D eigenvalue weighted by atomic mass is 19.4. The summed E-state index contributed by atoms with van der Waals surface area (Å²) in [7, 11) is 1.53. The topological polar surface area (TPSA) is 141 Å². The lowest BCUT2D eigenvalue weighted by Crippen LogP contribution is -2.61. The molecule has 0 bridgehead atoms. The molecule has 1 aliphatic carbocycles. The van der Waals surface area contributed by atoms with Gasteiger partial charge in [-0.1, -0.05) is 55.0 Å². The van der Waals surface area contributed by atoms with Gasteiger partial charge in [0.2, 0.25) is 11.8 Å². The van der Waals surface area contributed by atoms with Crippen LogP contribution in [0.25, 0.3) is 10.9 Å². The van der Waals surface area contributed by atoms with E-state index in [1.54, 1.807) is 6.20 Å². The van der Waals surface area contributed by atoms with Crippen LogP contribution in [0.4, 0.5) is 18.0 Å². The van der Waals surface area contributed by atoms with Gasteiger partial charge in [-0.05, 0) is 49.8 Å². The van der Waals surface area contributed by atoms with E-state index in [-0.39, 0.29) is 38.6 Å². The number of carboxylic acids is 1. The molecule has 0 aliphatic heterocycles. The minimum absolute atomic E-state index is 0.0153. The van der Waals surface area contributed by atoms with Crippen molar-refractivity contribution in [3.63, 3.8) is 0 Å². The van der Waals surface area contributed by atoms with E-state index >= 15 is 0 Å². The fourth-order valence-electron chi connectivity index (χ4n) is 6.16. The summed E-state index contributed by atoms with van der Waals surface area (Å²) in [6, 6.07) is 16.0. The van der Waals surface area contributed by atoms with Crippen molar-refractivity contribution < 1.29 is 42.2 Å². The Morgan fingerprint density at radius 1 is 1.02 bits per heavy atom. The summed E-state index contributed by atoms with van der Waals surface area (Å²) in [5, 5.41) is 15.1. The molecule has 10 nitrogen and oxygen atoms in total. The molecule has 1 aromatic heterocycles. The summed E-state index contributed by atoms with van der Waals surface area (Å²) >= 11 is 0. The number of fused-ring (bicyclic) bond motifs is 1. The number of para-hydroxylation sites is 1. The first-order chi connectivity index (χ1) is 22.3. The number of amides is 3. The van der Waals surface area contributed by atoms with Crippen LogP contribution in [-0.4, -0.2) is 76.3 Å². The number of carboxylic acid groups (broad SMARTS) is 1. The van der Waals surface area contributed by atoms with Crippen LogP contribution >= 0.6 is 0 Å². The van der Waals surface area contributed by atoms with Crippen molar-refractivity contribution in [3.8, 4) is 0 Å². The van der Waals surface area contributed by atoms with Gasteiger partial charge in [-0.3, -0.25) is 14.4 Å². The number of nitrogens with zero attached hydrogens (tertiary/aromatic N) is 1. The molecule has 0 radical (unpaired) electrons. The number of alkyl halides is 3. The number of hydrogen-bond acceptors (Lipinski definition) is 5. The molecular formula is C34H41F3N4O6. The van der Waals surface area contributed by atoms with Gasteiger partial charge >= 0.3 is 18.2 Å². The molecule has 254 valence electrons. The molecule has 0 spiro atoms. The molecule has 2 aromatic carbocycles. The largest absolute Gasteiger partial charge is 0.481 e. The van der Waals surface area contributed by atoms with Crippen molar-refractivity contribution in [3.05, 3.63) is 71.9 Å². The molecule has 1 aliphatic rings. The van der Waals surface area contributed by atoms with E-state index in [0.29, 0.717) is 24.8 Å². The lowest BCUT2D eigenvalue weighted by Gasteiger charge is -2.38. The first-order valence-electron chi connectivity index (χ1n) is 15.7. The van der Waals surface area contributed by atoms with Gasteiger partial charge in [0.05, 0.1) is 18.4 Å². The lowest BCUT2D eigenvalue weighted by molar-refractivity contribution is -0.207. The number of ether oxygens (including phenoxy) is 1. The Bertz CT molecular complexity index is 1550. The number of aliphatic carboxylic acids is 1. The van der Waals surface area contributed by atoms with Crippen LogP contribution in [0, 0.1) is 5.92 Å². The van der Waals surface area contributed by atoms with Gasteiger partial charge in [-0.2, -0.15) is 13.2 Å². The maximum atomic E-state index is 14.4. The molecule has 47 heavy (non-hydrogen) atoms. The molecule has 2 unspecified atom stereocenters. The molecule has 3 amide bonds. The molecule has 1 heterocycles. The highest BCUT2D eigenvalue weighted by Gasteiger charge is 2.48. The summed E-state index contributed by atoms with van der Waals surface area (Å²) in [6.07, 6.45) is -4.84. The zero-order valence-corrected chi connectivity index (χ0v) is 26.4. The first kappa shape index (κ1) is 35.3. The van der Waals surface area contributed by atoms with Gasteiger partial charge in [-0.25, -0.2) is 4.79 Å². The zero-order chi connectivity index (χ0) is 34.2. The van der Waals surface area contributed by atoms with Gasteiger partial charge in [0.1, 0.15) is 11.6 Å². The fraction of sp³-hybridized carbons (Fsp3) is 0.471. The Morgan fingerprint density at radius 2 is 1.70 bits per heavy atom. The zero-order valence-electron chi connectivity index (χ0n) is 26.4. The third-order valence-electron chi connectivity index (χ3n) is 8.73. The standard InChI is InChI=1S/C34H41F3N4O6/c1-33(19-23-20-38-27-14-8-6-12-25(23)27,40-32(46)47-28-15-9-7-13-26(28)34(35,36)37)31(45)41(2)24(18-22-10-4-3-5-11-22)21-39-29(42)16-17-30(43)44/h3-6,8,10-12,14,20,24,26,28,38H,7,9,13,15-19,21H2,1-2H3,(H,39,42)(H,40,46)(H,43,44)/t24-,26?,28-,33?/m1/s1. The molecule has 1 fully saturated rings. The van der Waals surface area contributed by atoms with Crippen LogP contribution in [0.15, 0.2) is 60.8 Å². The molecule has 4 N–H and O–H groups in total. The van der Waals surface area contributed by atoms with Gasteiger partial charge in [-0.15, -0.1) is 0 Å². The Kier molecular flexibility index (Phi) is 11.5. The number of carbonyl (C=O) groups excluding carboxylic acids is 3. The molecule has 4 rings (SSSR count). The number of likely N-dealkylation sites (N-methyl/N-ethyl adjacent to an activating group) is 1. The Hall–Kier alpha value is -4.55. The van der Waals surface area contributed by atoms with Crippen molar-refractivity contribution in [1.29, 1.82) is 0 Å². The molecule has 13 heteroatoms. The minimum Gasteiger partial charge on any atom is -0.481 e. The number of rotatable bonds is 13. The lowest BCUT2D eigenvalue weighted by atomic mass is 9.86. The Morgan fingerprint density at radius 3 is 2.40 bits per heavy atom. The van der Waals surface area contributed by atoms with Crippen molar-refractivity contribution in [2.75, 3.05) is 13.6 Å². The SMILES string of the molecule is CN(C(=O)C(C)(Cc1c[nH]c2ccccc12)NC(=O)O[C@@H]1CCCCC1C(F)(F)F)[C@@H](CNC(=O)CCC(=O)O)Cc1ccccc1. The highest BCUT2D eigenvalue weighted by Crippen LogP contribution is 2.39. The predicted octanol–water partition coefficient (Wildman–Crippen LogP) is 5.37. The van der Waals surface area contributed by atoms with Crippen LogP contribution in [0.2, 0.25) is 0 Å². The fourth-order valence-corrected chi connectivity index (χ4v) is 6.16. The van der Waals surface area contributed by atoms with Gasteiger partial charge < -0.3 is 30.4 Å². The minimum atomic E-state index is -4.53. The smallest absolute Gasteiger partial charge is 0.408 e. The van der Waals surface area contributed by atoms with Gasteiger partial charge in [0.15, 0.2) is 0 Å². The molecule has 4 atom stereocenters. The van der Waals surface area contributed by atoms with Crippen molar-refractivity contribution in [2.24, 2.45) is 5.92 Å². The Labute approximate surface area is 271 Å². The summed E-state index contributed by atoms with van der Waals surface area (Å²) in [5.74, 6) is -3.97. The van der Waals surface area contributed by atoms with Crippen molar-refractivity contribution in [1.82, 2.24) is 20.5 Å². The average molecular weight is 659 g/mol. The average Bonchev–Trinajstić information content (AvgIpc) is 3.43. The number of hydrogen-bond donors (Lipinski definition) is 4. The molecule has 3 aromatic rings. The van der Waals surface area contributed by atoms with E-state index in [1.807, 2.05) is 54.6 Å². The van der Waals surface area contributed by atoms with Gasteiger partial charge in [0.25, 0.3) is 0 Å².